The highest BCUT2D eigenvalue weighted by Crippen LogP contribution is 2.22. The quantitative estimate of drug-likeness (QED) is 0.665. The van der Waals surface area contributed by atoms with E-state index in [0.29, 0.717) is 5.56 Å². The Labute approximate surface area is 135 Å². The lowest BCUT2D eigenvalue weighted by Gasteiger charge is -2.07. The zero-order chi connectivity index (χ0) is 17.0. The molecule has 0 saturated heterocycles. The Balaban J connectivity index is 2.04. The molecular weight excluding hydrogens is 326 g/mol. The number of benzene rings is 2. The van der Waals surface area contributed by atoms with Crippen LogP contribution < -0.4 is 5.32 Å². The van der Waals surface area contributed by atoms with Crippen molar-refractivity contribution in [3.8, 4) is 0 Å². The van der Waals surface area contributed by atoms with E-state index in [1.54, 1.807) is 0 Å². The molecule has 0 saturated carbocycles. The van der Waals surface area contributed by atoms with Gasteiger partial charge in [-0.2, -0.15) is 0 Å². The van der Waals surface area contributed by atoms with Gasteiger partial charge in [-0.3, -0.25) is 25.0 Å². The molecule has 0 radical (unpaired) electrons. The molecule has 0 bridgehead atoms. The van der Waals surface area contributed by atoms with Gasteiger partial charge in [-0.1, -0.05) is 23.7 Å². The molecule has 118 valence electrons. The van der Waals surface area contributed by atoms with E-state index in [0.717, 1.165) is 6.07 Å². The van der Waals surface area contributed by atoms with Crippen LogP contribution in [0.15, 0.2) is 42.5 Å². The summed E-state index contributed by atoms with van der Waals surface area (Å²) in [6.45, 7) is 0.143. The third-order valence-corrected chi connectivity index (χ3v) is 3.32. The molecule has 2 aromatic carbocycles. The molecule has 1 N–H and O–H groups in total. The minimum atomic E-state index is -0.607. The second-order valence-corrected chi connectivity index (χ2v) is 4.93. The molecule has 2 aromatic rings. The summed E-state index contributed by atoms with van der Waals surface area (Å²) in [7, 11) is 0. The first-order valence-electron chi connectivity index (χ1n) is 6.34. The van der Waals surface area contributed by atoms with E-state index < -0.39 is 15.8 Å². The van der Waals surface area contributed by atoms with Crippen LogP contribution in [-0.2, 0) is 6.54 Å². The standard InChI is InChI=1S/C14H10ClN3O5/c15-13-7-11(18(22)23)5-6-12(13)14(19)16-8-9-1-3-10(4-2-9)17(20)21/h1-7H,8H2,(H,16,19). The van der Waals surface area contributed by atoms with E-state index in [9.17, 15) is 25.0 Å². The smallest absolute Gasteiger partial charge is 0.270 e. The van der Waals surface area contributed by atoms with Crippen molar-refractivity contribution in [1.82, 2.24) is 5.32 Å². The molecule has 8 nitrogen and oxygen atoms in total. The molecule has 0 aromatic heterocycles. The molecule has 23 heavy (non-hydrogen) atoms. The van der Waals surface area contributed by atoms with Crippen LogP contribution in [0.5, 0.6) is 0 Å². The summed E-state index contributed by atoms with van der Waals surface area (Å²) in [4.78, 5) is 32.1. The number of hydrogen-bond acceptors (Lipinski definition) is 5. The van der Waals surface area contributed by atoms with Crippen LogP contribution in [0.2, 0.25) is 5.02 Å². The molecule has 0 aliphatic heterocycles. The fourth-order valence-corrected chi connectivity index (χ4v) is 2.08. The molecular formula is C14H10ClN3O5. The van der Waals surface area contributed by atoms with E-state index in [-0.39, 0.29) is 28.5 Å². The first-order valence-corrected chi connectivity index (χ1v) is 6.72. The second-order valence-electron chi connectivity index (χ2n) is 4.53. The largest absolute Gasteiger partial charge is 0.348 e. The fraction of sp³-hybridized carbons (Fsp3) is 0.0714. The van der Waals surface area contributed by atoms with Crippen molar-refractivity contribution >= 4 is 28.9 Å². The maximum atomic E-state index is 12.0. The minimum absolute atomic E-state index is 0.0274. The molecule has 0 unspecified atom stereocenters. The third-order valence-electron chi connectivity index (χ3n) is 3.01. The van der Waals surface area contributed by atoms with E-state index in [1.807, 2.05) is 0 Å². The van der Waals surface area contributed by atoms with Gasteiger partial charge < -0.3 is 5.32 Å². The van der Waals surface area contributed by atoms with Crippen LogP contribution in [0.4, 0.5) is 11.4 Å². The number of rotatable bonds is 5. The Morgan fingerprint density at radius 3 is 2.09 bits per heavy atom. The monoisotopic (exact) mass is 335 g/mol. The number of nitrogens with zero attached hydrogens (tertiary/aromatic N) is 2. The summed E-state index contributed by atoms with van der Waals surface area (Å²) in [5.41, 5.74) is 0.529. The van der Waals surface area contributed by atoms with Gasteiger partial charge in [0, 0.05) is 30.8 Å². The van der Waals surface area contributed by atoms with Crippen LogP contribution in [0, 0.1) is 20.2 Å². The van der Waals surface area contributed by atoms with Gasteiger partial charge >= 0.3 is 0 Å². The Bertz CT molecular complexity index is 776. The third kappa shape index (κ3) is 4.01. The minimum Gasteiger partial charge on any atom is -0.348 e. The highest BCUT2D eigenvalue weighted by molar-refractivity contribution is 6.34. The number of nitro benzene ring substituents is 2. The van der Waals surface area contributed by atoms with E-state index in [4.69, 9.17) is 11.6 Å². The Morgan fingerprint density at radius 2 is 1.57 bits per heavy atom. The zero-order valence-electron chi connectivity index (χ0n) is 11.6. The summed E-state index contributed by atoms with van der Waals surface area (Å²) in [6.07, 6.45) is 0. The zero-order valence-corrected chi connectivity index (χ0v) is 12.3. The number of hydrogen-bond donors (Lipinski definition) is 1. The molecule has 0 aliphatic carbocycles. The topological polar surface area (TPSA) is 115 Å². The van der Waals surface area contributed by atoms with Gasteiger partial charge in [-0.15, -0.1) is 0 Å². The molecule has 1 amide bonds. The van der Waals surface area contributed by atoms with E-state index >= 15 is 0 Å². The van der Waals surface area contributed by atoms with Crippen LogP contribution in [0.1, 0.15) is 15.9 Å². The average molecular weight is 336 g/mol. The van der Waals surface area contributed by atoms with Gasteiger partial charge in [0.25, 0.3) is 17.3 Å². The number of nitro groups is 2. The van der Waals surface area contributed by atoms with Gasteiger partial charge in [0.1, 0.15) is 0 Å². The summed E-state index contributed by atoms with van der Waals surface area (Å²) < 4.78 is 0. The number of carbonyl (C=O) groups excluding carboxylic acids is 1. The maximum absolute atomic E-state index is 12.0. The van der Waals surface area contributed by atoms with Crippen LogP contribution in [-0.4, -0.2) is 15.8 Å². The second kappa shape index (κ2) is 6.84. The van der Waals surface area contributed by atoms with Crippen molar-refractivity contribution in [2.75, 3.05) is 0 Å². The van der Waals surface area contributed by atoms with Gasteiger partial charge in [0.2, 0.25) is 0 Å². The molecule has 0 atom stereocenters. The summed E-state index contributed by atoms with van der Waals surface area (Å²) in [5.74, 6) is -0.497. The number of halogens is 1. The SMILES string of the molecule is O=C(NCc1ccc([N+](=O)[O-])cc1)c1ccc([N+](=O)[O-])cc1Cl. The Hall–Kier alpha value is -3.00. The van der Waals surface area contributed by atoms with Gasteiger partial charge in [0.15, 0.2) is 0 Å². The maximum Gasteiger partial charge on any atom is 0.270 e. The number of amides is 1. The van der Waals surface area contributed by atoms with Gasteiger partial charge in [-0.25, -0.2) is 0 Å². The van der Waals surface area contributed by atoms with Crippen molar-refractivity contribution in [1.29, 1.82) is 0 Å². The first-order chi connectivity index (χ1) is 10.9. The van der Waals surface area contributed by atoms with Crippen molar-refractivity contribution < 1.29 is 14.6 Å². The van der Waals surface area contributed by atoms with Crippen LogP contribution >= 0.6 is 11.6 Å². The number of carbonyl (C=O) groups is 1. The van der Waals surface area contributed by atoms with E-state index in [2.05, 4.69) is 5.32 Å². The number of nitrogens with one attached hydrogen (secondary N) is 1. The first kappa shape index (κ1) is 16.4. The van der Waals surface area contributed by atoms with E-state index in [1.165, 1.54) is 36.4 Å². The fourth-order valence-electron chi connectivity index (χ4n) is 1.81. The average Bonchev–Trinajstić information content (AvgIpc) is 2.52. The highest BCUT2D eigenvalue weighted by Gasteiger charge is 2.14. The predicted molar refractivity (Wildman–Crippen MR) is 82.4 cm³/mol. The number of non-ortho nitro benzene ring substituents is 2. The van der Waals surface area contributed by atoms with Gasteiger partial charge in [-0.05, 0) is 11.6 Å². The lowest BCUT2D eigenvalue weighted by molar-refractivity contribution is -0.385. The van der Waals surface area contributed by atoms with Gasteiger partial charge in [0.05, 0.1) is 20.4 Å². The molecule has 0 spiro atoms. The summed E-state index contributed by atoms with van der Waals surface area (Å²) in [6, 6.07) is 9.27. The molecule has 0 aliphatic rings. The molecule has 2 rings (SSSR count). The predicted octanol–water partition coefficient (Wildman–Crippen LogP) is 3.09. The van der Waals surface area contributed by atoms with Crippen LogP contribution in [0.25, 0.3) is 0 Å². The lowest BCUT2D eigenvalue weighted by atomic mass is 10.1. The normalized spacial score (nSPS) is 10.1. The highest BCUT2D eigenvalue weighted by atomic mass is 35.5. The molecule has 0 fully saturated rings. The Kier molecular flexibility index (Phi) is 4.87. The molecule has 0 heterocycles. The lowest BCUT2D eigenvalue weighted by Crippen LogP contribution is -2.23. The van der Waals surface area contributed by atoms with Crippen molar-refractivity contribution in [3.63, 3.8) is 0 Å². The summed E-state index contributed by atoms with van der Waals surface area (Å²) >= 11 is 5.87. The Morgan fingerprint density at radius 1 is 1.00 bits per heavy atom. The van der Waals surface area contributed by atoms with Crippen molar-refractivity contribution in [2.45, 2.75) is 6.54 Å². The van der Waals surface area contributed by atoms with Crippen LogP contribution in [0.3, 0.4) is 0 Å². The molecule has 9 heteroatoms. The van der Waals surface area contributed by atoms with Crippen molar-refractivity contribution in [3.05, 3.63) is 78.8 Å². The summed E-state index contributed by atoms with van der Waals surface area (Å²) in [5, 5.41) is 23.7. The van der Waals surface area contributed by atoms with Crippen molar-refractivity contribution in [2.24, 2.45) is 0 Å².